The summed E-state index contributed by atoms with van der Waals surface area (Å²) in [6, 6.07) is 1.78. The van der Waals surface area contributed by atoms with Crippen LogP contribution in [0.25, 0.3) is 0 Å². The van der Waals surface area contributed by atoms with Crippen molar-refractivity contribution in [2.45, 2.75) is 39.7 Å². The quantitative estimate of drug-likeness (QED) is 0.764. The molecule has 102 valence electrons. The Morgan fingerprint density at radius 1 is 1.39 bits per heavy atom. The van der Waals surface area contributed by atoms with Gasteiger partial charge in [-0.1, -0.05) is 13.3 Å². The zero-order valence-corrected chi connectivity index (χ0v) is 11.6. The summed E-state index contributed by atoms with van der Waals surface area (Å²) >= 11 is 0. The Bertz CT molecular complexity index is 344. The second-order valence-corrected chi connectivity index (χ2v) is 4.49. The largest absolute Gasteiger partial charge is 0.475 e. The van der Waals surface area contributed by atoms with Crippen LogP contribution in [0.5, 0.6) is 5.88 Å². The van der Waals surface area contributed by atoms with E-state index in [4.69, 9.17) is 10.5 Å². The van der Waals surface area contributed by atoms with Crippen LogP contribution in [-0.4, -0.2) is 35.7 Å². The monoisotopic (exact) mass is 252 g/mol. The summed E-state index contributed by atoms with van der Waals surface area (Å²) in [6.07, 6.45) is 4.10. The highest BCUT2D eigenvalue weighted by molar-refractivity contribution is 5.31. The second-order valence-electron chi connectivity index (χ2n) is 4.49. The molecular weight excluding hydrogens is 228 g/mol. The van der Waals surface area contributed by atoms with Gasteiger partial charge in [-0.2, -0.15) is 4.98 Å². The van der Waals surface area contributed by atoms with Gasteiger partial charge in [-0.25, -0.2) is 4.98 Å². The van der Waals surface area contributed by atoms with E-state index in [9.17, 15) is 0 Å². The Hall–Kier alpha value is -1.36. The van der Waals surface area contributed by atoms with Gasteiger partial charge in [0.25, 0.3) is 0 Å². The molecule has 5 heteroatoms. The molecule has 18 heavy (non-hydrogen) atoms. The lowest BCUT2D eigenvalue weighted by Crippen LogP contribution is -2.31. The number of hydrogen-bond acceptors (Lipinski definition) is 5. The normalized spacial score (nSPS) is 10.7. The van der Waals surface area contributed by atoms with Crippen LogP contribution in [0.4, 0.5) is 5.95 Å². The molecule has 1 rings (SSSR count). The number of unbranched alkanes of at least 4 members (excludes halogenated alkanes) is 1. The fourth-order valence-electron chi connectivity index (χ4n) is 1.61. The van der Waals surface area contributed by atoms with Crippen molar-refractivity contribution < 1.29 is 4.74 Å². The molecule has 0 saturated heterocycles. The predicted molar refractivity (Wildman–Crippen MR) is 74.0 cm³/mol. The van der Waals surface area contributed by atoms with Gasteiger partial charge in [-0.05, 0) is 20.3 Å². The number of rotatable bonds is 8. The maximum absolute atomic E-state index is 5.63. The summed E-state index contributed by atoms with van der Waals surface area (Å²) in [6.45, 7) is 8.43. The maximum Gasteiger partial charge on any atom is 0.228 e. The first-order chi connectivity index (χ1) is 8.67. The lowest BCUT2D eigenvalue weighted by Gasteiger charge is -2.22. The molecule has 1 aromatic heterocycles. The van der Waals surface area contributed by atoms with Crippen molar-refractivity contribution in [1.29, 1.82) is 0 Å². The van der Waals surface area contributed by atoms with E-state index >= 15 is 0 Å². The molecule has 0 spiro atoms. The Kier molecular flexibility index (Phi) is 6.43. The van der Waals surface area contributed by atoms with Gasteiger partial charge >= 0.3 is 0 Å². The first kappa shape index (κ1) is 14.7. The Morgan fingerprint density at radius 3 is 2.78 bits per heavy atom. The van der Waals surface area contributed by atoms with Gasteiger partial charge in [0.1, 0.15) is 0 Å². The first-order valence-corrected chi connectivity index (χ1v) is 6.62. The van der Waals surface area contributed by atoms with Gasteiger partial charge in [-0.3, -0.25) is 0 Å². The molecule has 1 aromatic rings. The molecule has 0 bridgehead atoms. The van der Waals surface area contributed by atoms with Crippen molar-refractivity contribution in [2.24, 2.45) is 5.73 Å². The standard InChI is InChI=1S/C13H24N4O/c1-4-5-9-17(10-7-14)13-15-8-6-12(16-13)18-11(2)3/h6,8,11H,4-5,7,9-10,14H2,1-3H3. The van der Waals surface area contributed by atoms with Gasteiger partial charge in [0.05, 0.1) is 6.10 Å². The average molecular weight is 252 g/mol. The van der Waals surface area contributed by atoms with Crippen molar-refractivity contribution >= 4 is 5.95 Å². The van der Waals surface area contributed by atoms with Gasteiger partial charge in [0, 0.05) is 31.9 Å². The third-order valence-corrected chi connectivity index (χ3v) is 2.44. The van der Waals surface area contributed by atoms with E-state index in [2.05, 4.69) is 21.8 Å². The first-order valence-electron chi connectivity index (χ1n) is 6.62. The van der Waals surface area contributed by atoms with Crippen LogP contribution in [0.15, 0.2) is 12.3 Å². The molecule has 0 amide bonds. The third-order valence-electron chi connectivity index (χ3n) is 2.44. The minimum atomic E-state index is 0.117. The minimum Gasteiger partial charge on any atom is -0.475 e. The van der Waals surface area contributed by atoms with E-state index in [1.807, 2.05) is 13.8 Å². The highest BCUT2D eigenvalue weighted by atomic mass is 16.5. The van der Waals surface area contributed by atoms with Gasteiger partial charge < -0.3 is 15.4 Å². The van der Waals surface area contributed by atoms with Crippen LogP contribution in [-0.2, 0) is 0 Å². The van der Waals surface area contributed by atoms with Crippen LogP contribution in [0.1, 0.15) is 33.6 Å². The third kappa shape index (κ3) is 4.87. The van der Waals surface area contributed by atoms with Crippen LogP contribution in [0.2, 0.25) is 0 Å². The van der Waals surface area contributed by atoms with Gasteiger partial charge in [0.2, 0.25) is 11.8 Å². The Labute approximate surface area is 109 Å². The minimum absolute atomic E-state index is 0.117. The van der Waals surface area contributed by atoms with Gasteiger partial charge in [-0.15, -0.1) is 0 Å². The second kappa shape index (κ2) is 7.87. The van der Waals surface area contributed by atoms with Gasteiger partial charge in [0.15, 0.2) is 0 Å². The van der Waals surface area contributed by atoms with Crippen LogP contribution in [0.3, 0.4) is 0 Å². The smallest absolute Gasteiger partial charge is 0.228 e. The SMILES string of the molecule is CCCCN(CCN)c1nccc(OC(C)C)n1. The number of hydrogen-bond donors (Lipinski definition) is 1. The highest BCUT2D eigenvalue weighted by Crippen LogP contribution is 2.14. The summed E-state index contributed by atoms with van der Waals surface area (Å²) < 4.78 is 5.58. The molecule has 5 nitrogen and oxygen atoms in total. The lowest BCUT2D eigenvalue weighted by molar-refractivity contribution is 0.232. The van der Waals surface area contributed by atoms with Crippen LogP contribution < -0.4 is 15.4 Å². The van der Waals surface area contributed by atoms with E-state index in [0.29, 0.717) is 18.4 Å². The number of nitrogens with two attached hydrogens (primary N) is 1. The molecule has 0 aliphatic rings. The molecule has 1 heterocycles. The topological polar surface area (TPSA) is 64.3 Å². The van der Waals surface area contributed by atoms with Crippen molar-refractivity contribution in [2.75, 3.05) is 24.5 Å². The molecule has 0 fully saturated rings. The van der Waals surface area contributed by atoms with Crippen molar-refractivity contribution in [3.05, 3.63) is 12.3 Å². The van der Waals surface area contributed by atoms with E-state index in [1.54, 1.807) is 12.3 Å². The van der Waals surface area contributed by atoms with E-state index in [-0.39, 0.29) is 6.10 Å². The van der Waals surface area contributed by atoms with Crippen molar-refractivity contribution in [3.8, 4) is 5.88 Å². The molecule has 0 radical (unpaired) electrons. The number of anilines is 1. The number of ether oxygens (including phenoxy) is 1. The fourth-order valence-corrected chi connectivity index (χ4v) is 1.61. The average Bonchev–Trinajstić information content (AvgIpc) is 2.34. The zero-order valence-electron chi connectivity index (χ0n) is 11.6. The summed E-state index contributed by atoms with van der Waals surface area (Å²) in [7, 11) is 0. The number of nitrogens with zero attached hydrogens (tertiary/aromatic N) is 3. The molecule has 0 aromatic carbocycles. The van der Waals surface area contributed by atoms with E-state index in [1.165, 1.54) is 0 Å². The summed E-state index contributed by atoms with van der Waals surface area (Å²) in [5, 5.41) is 0. The molecule has 0 saturated carbocycles. The molecule has 0 aliphatic carbocycles. The zero-order chi connectivity index (χ0) is 13.4. The molecular formula is C13H24N4O. The maximum atomic E-state index is 5.63. The Balaban J connectivity index is 2.76. The molecule has 0 atom stereocenters. The van der Waals surface area contributed by atoms with Crippen molar-refractivity contribution in [1.82, 2.24) is 9.97 Å². The highest BCUT2D eigenvalue weighted by Gasteiger charge is 2.09. The molecule has 0 unspecified atom stereocenters. The molecule has 0 aliphatic heterocycles. The summed E-state index contributed by atoms with van der Waals surface area (Å²) in [4.78, 5) is 10.8. The van der Waals surface area contributed by atoms with Crippen LogP contribution in [0, 0.1) is 0 Å². The van der Waals surface area contributed by atoms with E-state index < -0.39 is 0 Å². The molecule has 2 N–H and O–H groups in total. The van der Waals surface area contributed by atoms with E-state index in [0.717, 1.165) is 25.9 Å². The predicted octanol–water partition coefficient (Wildman–Crippen LogP) is 1.83. The Morgan fingerprint density at radius 2 is 2.17 bits per heavy atom. The summed E-state index contributed by atoms with van der Waals surface area (Å²) in [5.41, 5.74) is 5.63. The fraction of sp³-hybridized carbons (Fsp3) is 0.692. The number of aromatic nitrogens is 2. The lowest BCUT2D eigenvalue weighted by atomic mass is 10.3. The van der Waals surface area contributed by atoms with Crippen molar-refractivity contribution in [3.63, 3.8) is 0 Å². The van der Waals surface area contributed by atoms with Crippen LogP contribution >= 0.6 is 0 Å². The summed E-state index contributed by atoms with van der Waals surface area (Å²) in [5.74, 6) is 1.32.